The molecular weight excluding hydrogens is 350 g/mol. The summed E-state index contributed by atoms with van der Waals surface area (Å²) in [6.07, 6.45) is 1.99. The van der Waals surface area contributed by atoms with Gasteiger partial charge in [-0.25, -0.2) is 17.5 Å². The minimum Gasteiger partial charge on any atom is -0.338 e. The smallest absolute Gasteiger partial charge is 0.315 e. The molecule has 0 saturated carbocycles. The first kappa shape index (κ1) is 19.0. The molecule has 0 spiro atoms. The minimum atomic E-state index is -3.13. The number of piperidine rings is 1. The van der Waals surface area contributed by atoms with Crippen molar-refractivity contribution in [2.24, 2.45) is 0 Å². The van der Waals surface area contributed by atoms with Crippen LogP contribution in [0.4, 0.5) is 4.79 Å². The zero-order valence-electron chi connectivity index (χ0n) is 13.8. The molecule has 1 saturated heterocycles. The lowest BCUT2D eigenvalue weighted by Gasteiger charge is -2.31. The monoisotopic (exact) mass is 373 g/mol. The number of benzene rings is 1. The van der Waals surface area contributed by atoms with Gasteiger partial charge in [-0.05, 0) is 43.9 Å². The summed E-state index contributed by atoms with van der Waals surface area (Å²) in [5.41, 5.74) is 1.07. The highest BCUT2D eigenvalue weighted by Gasteiger charge is 2.27. The van der Waals surface area contributed by atoms with Gasteiger partial charge in [0.15, 0.2) is 0 Å². The Balaban J connectivity index is 1.68. The third-order valence-corrected chi connectivity index (χ3v) is 6.25. The number of hydrogen-bond acceptors (Lipinski definition) is 3. The van der Waals surface area contributed by atoms with E-state index in [-0.39, 0.29) is 17.8 Å². The molecule has 1 aromatic carbocycles. The number of nitrogens with zero attached hydrogens (tertiary/aromatic N) is 1. The highest BCUT2D eigenvalue weighted by atomic mass is 35.5. The first-order valence-corrected chi connectivity index (χ1v) is 10.2. The fraction of sp³-hybridized carbons (Fsp3) is 0.562. The first-order valence-electron chi connectivity index (χ1n) is 8.17. The molecule has 0 aromatic heterocycles. The summed E-state index contributed by atoms with van der Waals surface area (Å²) >= 11 is 5.92. The molecule has 1 aliphatic heterocycles. The second-order valence-electron chi connectivity index (χ2n) is 5.85. The van der Waals surface area contributed by atoms with Crippen LogP contribution in [0.3, 0.4) is 0 Å². The quantitative estimate of drug-likeness (QED) is 0.800. The third kappa shape index (κ3) is 5.65. The van der Waals surface area contributed by atoms with E-state index in [0.717, 1.165) is 5.56 Å². The maximum Gasteiger partial charge on any atom is 0.315 e. The van der Waals surface area contributed by atoms with Gasteiger partial charge in [-0.15, -0.1) is 0 Å². The van der Waals surface area contributed by atoms with E-state index in [0.29, 0.717) is 43.9 Å². The summed E-state index contributed by atoms with van der Waals surface area (Å²) in [5, 5.41) is 6.42. The standard InChI is InChI=1S/C16H24ClN3O3S/c1-2-24(22,23)20-10-7-15(8-11-20)19-16(21)18-9-6-13-4-3-5-14(17)12-13/h3-5,12,15H,2,6-11H2,1H3,(H2,18,19,21). The van der Waals surface area contributed by atoms with Crippen LogP contribution in [0.1, 0.15) is 25.3 Å². The van der Waals surface area contributed by atoms with Gasteiger partial charge < -0.3 is 10.6 Å². The fourth-order valence-electron chi connectivity index (χ4n) is 2.71. The van der Waals surface area contributed by atoms with Gasteiger partial charge in [-0.3, -0.25) is 0 Å². The van der Waals surface area contributed by atoms with Gasteiger partial charge in [0, 0.05) is 30.7 Å². The van der Waals surface area contributed by atoms with E-state index < -0.39 is 10.0 Å². The minimum absolute atomic E-state index is 0.0134. The van der Waals surface area contributed by atoms with Crippen molar-refractivity contribution < 1.29 is 13.2 Å². The van der Waals surface area contributed by atoms with Crippen LogP contribution in [0.5, 0.6) is 0 Å². The molecule has 24 heavy (non-hydrogen) atoms. The van der Waals surface area contributed by atoms with Gasteiger partial charge in [0.1, 0.15) is 0 Å². The summed E-state index contributed by atoms with van der Waals surface area (Å²) in [7, 11) is -3.13. The van der Waals surface area contributed by atoms with Crippen LogP contribution in [-0.2, 0) is 16.4 Å². The largest absolute Gasteiger partial charge is 0.338 e. The van der Waals surface area contributed by atoms with E-state index in [1.54, 1.807) is 6.92 Å². The predicted molar refractivity (Wildman–Crippen MR) is 95.7 cm³/mol. The maximum atomic E-state index is 11.9. The highest BCUT2D eigenvalue weighted by Crippen LogP contribution is 2.14. The van der Waals surface area contributed by atoms with E-state index in [9.17, 15) is 13.2 Å². The van der Waals surface area contributed by atoms with Gasteiger partial charge in [0.05, 0.1) is 5.75 Å². The Bertz CT molecular complexity index is 658. The molecule has 0 aliphatic carbocycles. The first-order chi connectivity index (χ1) is 11.4. The number of amides is 2. The molecule has 2 amide bonds. The van der Waals surface area contributed by atoms with Crippen LogP contribution in [0.2, 0.25) is 5.02 Å². The lowest BCUT2D eigenvalue weighted by atomic mass is 10.1. The lowest BCUT2D eigenvalue weighted by Crippen LogP contribution is -2.49. The van der Waals surface area contributed by atoms with E-state index in [1.807, 2.05) is 24.3 Å². The maximum absolute atomic E-state index is 11.9. The van der Waals surface area contributed by atoms with Crippen molar-refractivity contribution in [1.29, 1.82) is 0 Å². The summed E-state index contributed by atoms with van der Waals surface area (Å²) in [6, 6.07) is 7.35. The number of carbonyl (C=O) groups is 1. The van der Waals surface area contributed by atoms with E-state index in [1.165, 1.54) is 4.31 Å². The van der Waals surface area contributed by atoms with Gasteiger partial charge in [0.25, 0.3) is 0 Å². The third-order valence-electron chi connectivity index (χ3n) is 4.14. The molecule has 2 N–H and O–H groups in total. The number of halogens is 1. The average Bonchev–Trinajstić information content (AvgIpc) is 2.55. The normalized spacial score (nSPS) is 16.8. The summed E-state index contributed by atoms with van der Waals surface area (Å²) < 4.78 is 25.1. The van der Waals surface area contributed by atoms with Gasteiger partial charge in [0.2, 0.25) is 10.0 Å². The molecule has 1 fully saturated rings. The average molecular weight is 374 g/mol. The molecule has 1 heterocycles. The van der Waals surface area contributed by atoms with E-state index >= 15 is 0 Å². The van der Waals surface area contributed by atoms with Crippen LogP contribution in [0.25, 0.3) is 0 Å². The Kier molecular flexibility index (Phi) is 6.89. The molecule has 0 unspecified atom stereocenters. The van der Waals surface area contributed by atoms with Gasteiger partial charge in [-0.1, -0.05) is 23.7 Å². The molecule has 0 radical (unpaired) electrons. The topological polar surface area (TPSA) is 78.5 Å². The van der Waals surface area contributed by atoms with Crippen molar-refractivity contribution >= 4 is 27.7 Å². The van der Waals surface area contributed by atoms with Crippen molar-refractivity contribution in [3.05, 3.63) is 34.9 Å². The zero-order valence-corrected chi connectivity index (χ0v) is 15.4. The number of hydrogen-bond donors (Lipinski definition) is 2. The molecular formula is C16H24ClN3O3S. The number of rotatable bonds is 6. The highest BCUT2D eigenvalue weighted by molar-refractivity contribution is 7.89. The molecule has 1 aromatic rings. The van der Waals surface area contributed by atoms with Crippen molar-refractivity contribution in [3.63, 3.8) is 0 Å². The van der Waals surface area contributed by atoms with Crippen molar-refractivity contribution in [3.8, 4) is 0 Å². The predicted octanol–water partition coefficient (Wildman–Crippen LogP) is 2.00. The van der Waals surface area contributed by atoms with E-state index in [4.69, 9.17) is 11.6 Å². The number of nitrogens with one attached hydrogen (secondary N) is 2. The molecule has 134 valence electrons. The molecule has 6 nitrogen and oxygen atoms in total. The Morgan fingerprint density at radius 1 is 1.33 bits per heavy atom. The molecule has 8 heteroatoms. The van der Waals surface area contributed by atoms with Crippen molar-refractivity contribution in [2.45, 2.75) is 32.2 Å². The Morgan fingerprint density at radius 2 is 2.04 bits per heavy atom. The molecule has 2 rings (SSSR count). The summed E-state index contributed by atoms with van der Waals surface area (Å²) in [6.45, 7) is 3.09. The summed E-state index contributed by atoms with van der Waals surface area (Å²) in [5.74, 6) is 0.120. The van der Waals surface area contributed by atoms with Crippen molar-refractivity contribution in [2.75, 3.05) is 25.4 Å². The Morgan fingerprint density at radius 3 is 2.67 bits per heavy atom. The molecule has 0 bridgehead atoms. The SMILES string of the molecule is CCS(=O)(=O)N1CCC(NC(=O)NCCc2cccc(Cl)c2)CC1. The van der Waals surface area contributed by atoms with Crippen LogP contribution < -0.4 is 10.6 Å². The number of carbonyl (C=O) groups excluding carboxylic acids is 1. The van der Waals surface area contributed by atoms with Crippen LogP contribution in [0, 0.1) is 0 Å². The molecule has 1 aliphatic rings. The van der Waals surface area contributed by atoms with Crippen molar-refractivity contribution in [1.82, 2.24) is 14.9 Å². The molecule has 0 atom stereocenters. The van der Waals surface area contributed by atoms with Crippen LogP contribution >= 0.6 is 11.6 Å². The van der Waals surface area contributed by atoms with Gasteiger partial charge in [-0.2, -0.15) is 0 Å². The van der Waals surface area contributed by atoms with E-state index in [2.05, 4.69) is 10.6 Å². The second kappa shape index (κ2) is 8.69. The zero-order chi connectivity index (χ0) is 17.6. The Labute approximate surface area is 148 Å². The lowest BCUT2D eigenvalue weighted by molar-refractivity contribution is 0.228. The van der Waals surface area contributed by atoms with Crippen LogP contribution in [-0.4, -0.2) is 50.2 Å². The number of sulfonamides is 1. The number of urea groups is 1. The summed E-state index contributed by atoms with van der Waals surface area (Å²) in [4.78, 5) is 11.9. The fourth-order valence-corrected chi connectivity index (χ4v) is 4.06. The van der Waals surface area contributed by atoms with Gasteiger partial charge >= 0.3 is 6.03 Å². The second-order valence-corrected chi connectivity index (χ2v) is 8.55. The van der Waals surface area contributed by atoms with Crippen LogP contribution in [0.15, 0.2) is 24.3 Å². The Hall–Kier alpha value is -1.31.